The molecule has 2 saturated heterocycles. The van der Waals surface area contributed by atoms with Gasteiger partial charge in [0.05, 0.1) is 0 Å². The lowest BCUT2D eigenvalue weighted by Crippen LogP contribution is -2.64. The van der Waals surface area contributed by atoms with Gasteiger partial charge in [-0.2, -0.15) is 0 Å². The molecule has 8 nitrogen and oxygen atoms in total. The van der Waals surface area contributed by atoms with Crippen LogP contribution in [0.25, 0.3) is 0 Å². The number of urea groups is 1. The predicted molar refractivity (Wildman–Crippen MR) is 114 cm³/mol. The molecule has 2 fully saturated rings. The SMILES string of the molecule is C=CCN1C(N2CCN(Cc3ccc(Br)cc3)CC2)=NC2C1C(=O)NC(=O)N2C. The number of piperazine rings is 1. The molecule has 3 heterocycles. The number of guanidine groups is 1. The van der Waals surface area contributed by atoms with Gasteiger partial charge in [0.15, 0.2) is 18.2 Å². The van der Waals surface area contributed by atoms with Crippen LogP contribution < -0.4 is 5.32 Å². The zero-order valence-electron chi connectivity index (χ0n) is 16.4. The van der Waals surface area contributed by atoms with Crippen molar-refractivity contribution in [2.24, 2.45) is 4.99 Å². The lowest BCUT2D eigenvalue weighted by molar-refractivity contribution is -0.127. The quantitative estimate of drug-likeness (QED) is 0.685. The first kappa shape index (κ1) is 19.9. The van der Waals surface area contributed by atoms with E-state index >= 15 is 0 Å². The monoisotopic (exact) mass is 460 g/mol. The van der Waals surface area contributed by atoms with E-state index in [1.54, 1.807) is 13.1 Å². The zero-order chi connectivity index (χ0) is 20.5. The lowest BCUT2D eigenvalue weighted by Gasteiger charge is -2.40. The van der Waals surface area contributed by atoms with E-state index in [2.05, 4.69) is 61.9 Å². The second kappa shape index (κ2) is 8.16. The summed E-state index contributed by atoms with van der Waals surface area (Å²) in [6.45, 7) is 8.71. The number of hydrogen-bond acceptors (Lipinski definition) is 6. The number of fused-ring (bicyclic) bond motifs is 1. The van der Waals surface area contributed by atoms with Crippen molar-refractivity contribution < 1.29 is 9.59 Å². The lowest BCUT2D eigenvalue weighted by atomic mass is 10.1. The molecular weight excluding hydrogens is 436 g/mol. The molecule has 1 N–H and O–H groups in total. The molecule has 0 radical (unpaired) electrons. The van der Waals surface area contributed by atoms with Crippen molar-refractivity contribution in [2.75, 3.05) is 39.8 Å². The number of benzene rings is 1. The largest absolute Gasteiger partial charge is 0.340 e. The van der Waals surface area contributed by atoms with Gasteiger partial charge < -0.3 is 14.7 Å². The molecule has 1 aromatic carbocycles. The minimum absolute atomic E-state index is 0.299. The molecule has 9 heteroatoms. The van der Waals surface area contributed by atoms with E-state index in [9.17, 15) is 9.59 Å². The van der Waals surface area contributed by atoms with E-state index in [4.69, 9.17) is 4.99 Å². The second-order valence-electron chi connectivity index (χ2n) is 7.52. The number of amides is 3. The third kappa shape index (κ3) is 3.89. The fourth-order valence-electron chi connectivity index (χ4n) is 4.06. The van der Waals surface area contributed by atoms with E-state index in [0.29, 0.717) is 6.54 Å². The minimum atomic E-state index is -0.508. The maximum atomic E-state index is 12.5. The molecule has 2 unspecified atom stereocenters. The van der Waals surface area contributed by atoms with E-state index in [-0.39, 0.29) is 5.91 Å². The van der Waals surface area contributed by atoms with E-state index in [1.807, 2.05) is 4.90 Å². The standard InChI is InChI=1S/C20H25BrN6O2/c1-3-8-27-16-17(24(2)20(29)23-18(16)28)22-19(27)26-11-9-25(10-12-26)13-14-4-6-15(21)7-5-14/h3-7,16-17H,1,8-13H2,2H3,(H,23,28,29). The van der Waals surface area contributed by atoms with Crippen LogP contribution in [-0.4, -0.2) is 89.5 Å². The Morgan fingerprint density at radius 3 is 2.55 bits per heavy atom. The molecular formula is C20H25BrN6O2. The molecule has 4 rings (SSSR count). The van der Waals surface area contributed by atoms with Gasteiger partial charge in [0.25, 0.3) is 5.91 Å². The molecule has 154 valence electrons. The summed E-state index contributed by atoms with van der Waals surface area (Å²) < 4.78 is 1.08. The Balaban J connectivity index is 1.45. The first-order valence-electron chi connectivity index (χ1n) is 9.72. The van der Waals surface area contributed by atoms with Crippen molar-refractivity contribution in [3.63, 3.8) is 0 Å². The first-order valence-corrected chi connectivity index (χ1v) is 10.5. The van der Waals surface area contributed by atoms with Gasteiger partial charge in [-0.1, -0.05) is 34.1 Å². The summed E-state index contributed by atoms with van der Waals surface area (Å²) in [6, 6.07) is 7.50. The number of imide groups is 1. The summed E-state index contributed by atoms with van der Waals surface area (Å²) >= 11 is 3.47. The van der Waals surface area contributed by atoms with Gasteiger partial charge in [-0.25, -0.2) is 9.79 Å². The Bertz CT molecular complexity index is 834. The average Bonchev–Trinajstić information content (AvgIpc) is 3.09. The number of rotatable bonds is 4. The topological polar surface area (TPSA) is 71.5 Å². The number of halogens is 1. The summed E-state index contributed by atoms with van der Waals surface area (Å²) in [5.41, 5.74) is 1.29. The molecule has 2 atom stereocenters. The van der Waals surface area contributed by atoms with Crippen molar-refractivity contribution in [2.45, 2.75) is 18.8 Å². The fourth-order valence-corrected chi connectivity index (χ4v) is 4.33. The van der Waals surface area contributed by atoms with Gasteiger partial charge in [0, 0.05) is 50.8 Å². The number of likely N-dealkylation sites (N-methyl/N-ethyl adjacent to an activating group) is 1. The van der Waals surface area contributed by atoms with Crippen molar-refractivity contribution in [1.82, 2.24) is 24.9 Å². The van der Waals surface area contributed by atoms with Crippen LogP contribution in [0.15, 0.2) is 46.4 Å². The molecule has 3 amide bonds. The maximum Gasteiger partial charge on any atom is 0.325 e. The van der Waals surface area contributed by atoms with Gasteiger partial charge in [0.2, 0.25) is 0 Å². The van der Waals surface area contributed by atoms with Crippen molar-refractivity contribution >= 4 is 33.8 Å². The molecule has 3 aliphatic heterocycles. The average molecular weight is 461 g/mol. The maximum absolute atomic E-state index is 12.5. The number of nitrogens with zero attached hydrogens (tertiary/aromatic N) is 5. The van der Waals surface area contributed by atoms with Crippen LogP contribution in [0.2, 0.25) is 0 Å². The third-order valence-corrected chi connectivity index (χ3v) is 6.17. The van der Waals surface area contributed by atoms with Gasteiger partial charge in [0.1, 0.15) is 0 Å². The number of carbonyl (C=O) groups excluding carboxylic acids is 2. The molecule has 0 aliphatic carbocycles. The van der Waals surface area contributed by atoms with Gasteiger partial charge >= 0.3 is 6.03 Å². The van der Waals surface area contributed by atoms with Crippen LogP contribution in [0.5, 0.6) is 0 Å². The molecule has 0 saturated carbocycles. The zero-order valence-corrected chi connectivity index (χ0v) is 18.0. The van der Waals surface area contributed by atoms with Crippen molar-refractivity contribution in [3.05, 3.63) is 47.0 Å². The fraction of sp³-hybridized carbons (Fsp3) is 0.450. The van der Waals surface area contributed by atoms with Crippen LogP contribution in [0.1, 0.15) is 5.56 Å². The smallest absolute Gasteiger partial charge is 0.325 e. The summed E-state index contributed by atoms with van der Waals surface area (Å²) in [5, 5.41) is 2.42. The van der Waals surface area contributed by atoms with Crippen LogP contribution in [0.4, 0.5) is 4.79 Å². The van der Waals surface area contributed by atoms with E-state index in [0.717, 1.165) is 43.2 Å². The second-order valence-corrected chi connectivity index (χ2v) is 8.44. The highest BCUT2D eigenvalue weighted by molar-refractivity contribution is 9.10. The Hall–Kier alpha value is -2.39. The van der Waals surface area contributed by atoms with Crippen molar-refractivity contribution in [3.8, 4) is 0 Å². The normalized spacial score (nSPS) is 25.0. The third-order valence-electron chi connectivity index (χ3n) is 5.64. The van der Waals surface area contributed by atoms with Crippen LogP contribution in [0, 0.1) is 0 Å². The Morgan fingerprint density at radius 1 is 1.21 bits per heavy atom. The van der Waals surface area contributed by atoms with Crippen LogP contribution >= 0.6 is 15.9 Å². The highest BCUT2D eigenvalue weighted by atomic mass is 79.9. The summed E-state index contributed by atoms with van der Waals surface area (Å²) in [7, 11) is 1.67. The Morgan fingerprint density at radius 2 is 1.90 bits per heavy atom. The summed E-state index contributed by atoms with van der Waals surface area (Å²) in [5.74, 6) is 0.479. The van der Waals surface area contributed by atoms with Gasteiger partial charge in [-0.15, -0.1) is 6.58 Å². The summed E-state index contributed by atoms with van der Waals surface area (Å²) in [6.07, 6.45) is 1.28. The van der Waals surface area contributed by atoms with Gasteiger partial charge in [-0.05, 0) is 17.7 Å². The predicted octanol–water partition coefficient (Wildman–Crippen LogP) is 1.30. The minimum Gasteiger partial charge on any atom is -0.340 e. The highest BCUT2D eigenvalue weighted by Crippen LogP contribution is 2.26. The molecule has 0 spiro atoms. The van der Waals surface area contributed by atoms with Crippen molar-refractivity contribution in [1.29, 1.82) is 0 Å². The summed E-state index contributed by atoms with van der Waals surface area (Å²) in [4.78, 5) is 37.3. The molecule has 0 bridgehead atoms. The van der Waals surface area contributed by atoms with E-state index in [1.165, 1.54) is 10.5 Å². The number of nitrogens with one attached hydrogen (secondary N) is 1. The van der Waals surface area contributed by atoms with E-state index < -0.39 is 18.2 Å². The number of aliphatic imine (C=N–C) groups is 1. The Kier molecular flexibility index (Phi) is 5.60. The first-order chi connectivity index (χ1) is 14.0. The molecule has 29 heavy (non-hydrogen) atoms. The highest BCUT2D eigenvalue weighted by Gasteiger charge is 2.49. The molecule has 1 aromatic rings. The van der Waals surface area contributed by atoms with Crippen LogP contribution in [0.3, 0.4) is 0 Å². The molecule has 3 aliphatic rings. The van der Waals surface area contributed by atoms with Gasteiger partial charge in [-0.3, -0.25) is 15.0 Å². The number of hydrogen-bond donors (Lipinski definition) is 1. The van der Waals surface area contributed by atoms with Crippen LogP contribution in [-0.2, 0) is 11.3 Å². The Labute approximate surface area is 179 Å². The number of carbonyl (C=O) groups is 2. The molecule has 0 aromatic heterocycles.